The van der Waals surface area contributed by atoms with Crippen LogP contribution in [0, 0.1) is 0 Å². The van der Waals surface area contributed by atoms with Gasteiger partial charge in [-0.1, -0.05) is 18.2 Å². The maximum Gasteiger partial charge on any atom is 0.171 e. The number of rotatable bonds is 6. The monoisotopic (exact) mass is 609 g/mol. The summed E-state index contributed by atoms with van der Waals surface area (Å²) >= 11 is 0. The lowest BCUT2D eigenvalue weighted by molar-refractivity contribution is -0.698. The Morgan fingerprint density at radius 1 is 0.367 bits per heavy atom. The molecule has 3 aromatic heterocycles. The van der Waals surface area contributed by atoms with Crippen LogP contribution >= 0.6 is 0 Å². The van der Waals surface area contributed by atoms with E-state index >= 15 is 0 Å². The molecule has 0 aromatic carbocycles. The first kappa shape index (κ1) is 33.4. The second-order valence-corrected chi connectivity index (χ2v) is 5.51. The standard InChI is InChI=1S/3C7H10NO.3BrH/c3*9-7-6-8-4-2-1-3-5-8;;;/h3*1-5,9H,6-7H2;3*1H/q3*+1;;;/p-3. The summed E-state index contributed by atoms with van der Waals surface area (Å²) in [5.41, 5.74) is 0. The Morgan fingerprint density at radius 2 is 0.567 bits per heavy atom. The highest BCUT2D eigenvalue weighted by atomic mass is 79.9. The molecule has 9 heteroatoms. The molecule has 0 aliphatic carbocycles. The molecular formula is C21H30Br3N3O3. The quantitative estimate of drug-likeness (QED) is 0.243. The molecule has 0 fully saturated rings. The fourth-order valence-corrected chi connectivity index (χ4v) is 2.10. The van der Waals surface area contributed by atoms with Gasteiger partial charge in [-0.05, 0) is 0 Å². The zero-order valence-corrected chi connectivity index (χ0v) is 21.5. The van der Waals surface area contributed by atoms with Crippen molar-refractivity contribution in [2.45, 2.75) is 19.6 Å². The summed E-state index contributed by atoms with van der Waals surface area (Å²) in [7, 11) is 0. The van der Waals surface area contributed by atoms with Crippen molar-refractivity contribution in [1.82, 2.24) is 0 Å². The summed E-state index contributed by atoms with van der Waals surface area (Å²) in [5, 5.41) is 25.5. The van der Waals surface area contributed by atoms with Crippen molar-refractivity contribution in [2.24, 2.45) is 0 Å². The van der Waals surface area contributed by atoms with Crippen LogP contribution in [-0.4, -0.2) is 35.1 Å². The highest BCUT2D eigenvalue weighted by Gasteiger charge is 1.93. The fourth-order valence-electron chi connectivity index (χ4n) is 2.10. The van der Waals surface area contributed by atoms with E-state index in [-0.39, 0.29) is 70.8 Å². The molecule has 0 amide bonds. The molecule has 0 aliphatic heterocycles. The van der Waals surface area contributed by atoms with Crippen molar-refractivity contribution in [3.8, 4) is 0 Å². The first-order valence-electron chi connectivity index (χ1n) is 8.95. The Hall–Kier alpha value is -1.23. The van der Waals surface area contributed by atoms with Crippen LogP contribution in [0.3, 0.4) is 0 Å². The van der Waals surface area contributed by atoms with E-state index in [1.54, 1.807) is 0 Å². The van der Waals surface area contributed by atoms with Gasteiger partial charge in [0.1, 0.15) is 19.8 Å². The Morgan fingerprint density at radius 3 is 0.733 bits per heavy atom. The number of hydrogen-bond donors (Lipinski definition) is 3. The average molecular weight is 612 g/mol. The molecule has 168 valence electrons. The molecule has 0 bridgehead atoms. The highest BCUT2D eigenvalue weighted by Crippen LogP contribution is 1.76. The lowest BCUT2D eigenvalue weighted by Gasteiger charge is -1.88. The summed E-state index contributed by atoms with van der Waals surface area (Å²) in [6.07, 6.45) is 11.6. The SMILES string of the molecule is OCC[n+]1ccccc1.OCC[n+]1ccccc1.OCC[n+]1ccccc1.[Br-].[Br-].[Br-]. The van der Waals surface area contributed by atoms with E-state index in [1.165, 1.54) is 0 Å². The third-order valence-corrected chi connectivity index (χ3v) is 3.41. The summed E-state index contributed by atoms with van der Waals surface area (Å²) < 4.78 is 5.79. The molecule has 3 aromatic rings. The van der Waals surface area contributed by atoms with Gasteiger partial charge in [0.25, 0.3) is 0 Å². The van der Waals surface area contributed by atoms with E-state index in [2.05, 4.69) is 0 Å². The number of halogens is 3. The predicted molar refractivity (Wildman–Crippen MR) is 101 cm³/mol. The van der Waals surface area contributed by atoms with E-state index in [4.69, 9.17) is 15.3 Å². The smallest absolute Gasteiger partial charge is 0.171 e. The topological polar surface area (TPSA) is 72.3 Å². The zero-order chi connectivity index (χ0) is 19.6. The second kappa shape index (κ2) is 24.0. The van der Waals surface area contributed by atoms with Crippen molar-refractivity contribution in [3.63, 3.8) is 0 Å². The van der Waals surface area contributed by atoms with Gasteiger partial charge >= 0.3 is 0 Å². The van der Waals surface area contributed by atoms with Crippen LogP contribution < -0.4 is 64.6 Å². The lowest BCUT2D eigenvalue weighted by atomic mass is 10.5. The van der Waals surface area contributed by atoms with Crippen LogP contribution in [0.15, 0.2) is 91.8 Å². The van der Waals surface area contributed by atoms with Gasteiger partial charge in [-0.2, -0.15) is 0 Å². The number of hydrogen-bond acceptors (Lipinski definition) is 3. The first-order valence-corrected chi connectivity index (χ1v) is 8.95. The molecule has 3 heterocycles. The molecule has 0 spiro atoms. The Balaban J connectivity index is -0.000000347. The first-order chi connectivity index (χ1) is 13.3. The molecule has 0 saturated carbocycles. The predicted octanol–water partition coefficient (Wildman–Crippen LogP) is -9.09. The third-order valence-electron chi connectivity index (χ3n) is 3.41. The number of pyridine rings is 3. The van der Waals surface area contributed by atoms with Gasteiger partial charge in [0.05, 0.1) is 0 Å². The van der Waals surface area contributed by atoms with Gasteiger partial charge in [0, 0.05) is 36.4 Å². The number of nitrogens with zero attached hydrogens (tertiary/aromatic N) is 3. The largest absolute Gasteiger partial charge is 1.00 e. The molecule has 30 heavy (non-hydrogen) atoms. The molecule has 3 N–H and O–H groups in total. The van der Waals surface area contributed by atoms with E-state index < -0.39 is 0 Å². The normalized spacial score (nSPS) is 8.50. The molecular weight excluding hydrogens is 582 g/mol. The summed E-state index contributed by atoms with van der Waals surface area (Å²) in [4.78, 5) is 0. The van der Waals surface area contributed by atoms with Gasteiger partial charge in [-0.25, -0.2) is 13.7 Å². The number of aliphatic hydroxyl groups is 3. The number of aromatic nitrogens is 3. The molecule has 0 unspecified atom stereocenters. The van der Waals surface area contributed by atoms with Crippen molar-refractivity contribution < 1.29 is 80.0 Å². The van der Waals surface area contributed by atoms with Crippen LogP contribution in [0.5, 0.6) is 0 Å². The zero-order valence-electron chi connectivity index (χ0n) is 16.7. The minimum absolute atomic E-state index is 0. The molecule has 0 aliphatic rings. The van der Waals surface area contributed by atoms with E-state index in [0.29, 0.717) is 19.6 Å². The molecule has 0 radical (unpaired) electrons. The van der Waals surface area contributed by atoms with Crippen molar-refractivity contribution in [1.29, 1.82) is 0 Å². The third kappa shape index (κ3) is 17.6. The molecule has 3 rings (SSSR count). The minimum atomic E-state index is 0. The van der Waals surface area contributed by atoms with Gasteiger partial charge in [-0.3, -0.25) is 0 Å². The van der Waals surface area contributed by atoms with E-state index in [0.717, 1.165) is 0 Å². The maximum absolute atomic E-state index is 8.50. The second-order valence-electron chi connectivity index (χ2n) is 5.51. The molecule has 0 saturated heterocycles. The van der Waals surface area contributed by atoms with Crippen LogP contribution in [-0.2, 0) is 19.6 Å². The Bertz CT molecular complexity index is 598. The minimum Gasteiger partial charge on any atom is -1.00 e. The number of aliphatic hydroxyl groups excluding tert-OH is 3. The highest BCUT2D eigenvalue weighted by molar-refractivity contribution is 4.84. The lowest BCUT2D eigenvalue weighted by Crippen LogP contribution is -3.00. The van der Waals surface area contributed by atoms with Gasteiger partial charge in [-0.15, -0.1) is 0 Å². The van der Waals surface area contributed by atoms with Gasteiger partial charge in [0.15, 0.2) is 56.8 Å². The molecule has 6 nitrogen and oxygen atoms in total. The van der Waals surface area contributed by atoms with E-state index in [1.807, 2.05) is 105 Å². The van der Waals surface area contributed by atoms with Gasteiger partial charge in [0.2, 0.25) is 0 Å². The summed E-state index contributed by atoms with van der Waals surface area (Å²) in [6.45, 7) is 2.65. The van der Waals surface area contributed by atoms with Crippen LogP contribution in [0.2, 0.25) is 0 Å². The van der Waals surface area contributed by atoms with Crippen LogP contribution in [0.25, 0.3) is 0 Å². The van der Waals surface area contributed by atoms with Crippen molar-refractivity contribution in [3.05, 3.63) is 91.8 Å². The van der Waals surface area contributed by atoms with Crippen LogP contribution in [0.4, 0.5) is 0 Å². The van der Waals surface area contributed by atoms with Gasteiger partial charge < -0.3 is 66.3 Å². The average Bonchev–Trinajstić information content (AvgIpc) is 2.72. The Labute approximate surface area is 210 Å². The fraction of sp³-hybridized carbons (Fsp3) is 0.286. The van der Waals surface area contributed by atoms with Crippen molar-refractivity contribution >= 4 is 0 Å². The molecule has 0 atom stereocenters. The summed E-state index contributed by atoms with van der Waals surface area (Å²) in [5.74, 6) is 0. The summed E-state index contributed by atoms with van der Waals surface area (Å²) in [6, 6.07) is 17.5. The van der Waals surface area contributed by atoms with Crippen molar-refractivity contribution in [2.75, 3.05) is 19.8 Å². The maximum atomic E-state index is 8.50. The van der Waals surface area contributed by atoms with Crippen LogP contribution in [0.1, 0.15) is 0 Å². The van der Waals surface area contributed by atoms with E-state index in [9.17, 15) is 0 Å². The Kier molecular flexibility index (Phi) is 26.8.